The van der Waals surface area contributed by atoms with Crippen molar-refractivity contribution in [1.82, 2.24) is 10.3 Å². The Balaban J connectivity index is 1.81. The first-order chi connectivity index (χ1) is 9.10. The van der Waals surface area contributed by atoms with E-state index in [-0.39, 0.29) is 0 Å². The maximum absolute atomic E-state index is 3.53. The first-order valence-corrected chi connectivity index (χ1v) is 7.90. The number of nitrogens with one attached hydrogen (secondary N) is 2. The first kappa shape index (κ1) is 13.1. The number of hydrogen-bond donors (Lipinski definition) is 2. The topological polar surface area (TPSA) is 27.8 Å². The van der Waals surface area contributed by atoms with E-state index in [2.05, 4.69) is 61.5 Å². The van der Waals surface area contributed by atoms with E-state index in [4.69, 9.17) is 0 Å². The van der Waals surface area contributed by atoms with Gasteiger partial charge in [0, 0.05) is 22.2 Å². The number of rotatable bonds is 3. The largest absolute Gasteiger partial charge is 0.350 e. The van der Waals surface area contributed by atoms with Crippen LogP contribution in [0.15, 0.2) is 35.4 Å². The number of thioether (sulfide) groups is 1. The minimum atomic E-state index is 0.401. The minimum Gasteiger partial charge on any atom is -0.350 e. The highest BCUT2D eigenvalue weighted by atomic mass is 32.2. The van der Waals surface area contributed by atoms with E-state index in [1.54, 1.807) is 0 Å². The van der Waals surface area contributed by atoms with Gasteiger partial charge in [-0.15, -0.1) is 11.8 Å². The fraction of sp³-hybridized carbons (Fsp3) is 0.500. The van der Waals surface area contributed by atoms with Gasteiger partial charge in [0.15, 0.2) is 0 Å². The molecule has 1 aliphatic rings. The van der Waals surface area contributed by atoms with Gasteiger partial charge in [-0.25, -0.2) is 0 Å². The van der Waals surface area contributed by atoms with Gasteiger partial charge < -0.3 is 10.3 Å². The van der Waals surface area contributed by atoms with Crippen molar-refractivity contribution in [3.63, 3.8) is 0 Å². The van der Waals surface area contributed by atoms with Crippen molar-refractivity contribution >= 4 is 22.7 Å². The first-order valence-electron chi connectivity index (χ1n) is 7.02. The zero-order valence-electron chi connectivity index (χ0n) is 11.9. The molecule has 0 aliphatic heterocycles. The van der Waals surface area contributed by atoms with Crippen LogP contribution in [0.4, 0.5) is 0 Å². The lowest BCUT2D eigenvalue weighted by atomic mass is 9.87. The second kappa shape index (κ2) is 4.88. The van der Waals surface area contributed by atoms with Crippen LogP contribution in [0.3, 0.4) is 0 Å². The van der Waals surface area contributed by atoms with E-state index in [1.807, 2.05) is 11.8 Å². The second-order valence-electron chi connectivity index (χ2n) is 6.17. The molecular formula is C16H22N2S. The Morgan fingerprint density at radius 3 is 2.84 bits per heavy atom. The summed E-state index contributed by atoms with van der Waals surface area (Å²) in [5, 5.41) is 6.79. The van der Waals surface area contributed by atoms with Crippen LogP contribution in [-0.2, 0) is 0 Å². The van der Waals surface area contributed by atoms with Gasteiger partial charge in [0.25, 0.3) is 0 Å². The standard InChI is InChI=1S/C16H22N2S/c1-16(2)9-8-13(15(16)17-3)19-14-10-11-6-4-5-7-12(11)18-14/h4-7,10,13,15,17-18H,8-9H2,1-3H3. The van der Waals surface area contributed by atoms with Crippen LogP contribution >= 0.6 is 11.8 Å². The predicted molar refractivity (Wildman–Crippen MR) is 83.8 cm³/mol. The Hall–Kier alpha value is -0.930. The fourth-order valence-electron chi connectivity index (χ4n) is 3.32. The fourth-order valence-corrected chi connectivity index (χ4v) is 4.88. The molecule has 1 saturated carbocycles. The van der Waals surface area contributed by atoms with E-state index < -0.39 is 0 Å². The number of benzene rings is 1. The molecule has 2 nitrogen and oxygen atoms in total. The summed E-state index contributed by atoms with van der Waals surface area (Å²) in [5.74, 6) is 0. The van der Waals surface area contributed by atoms with Crippen molar-refractivity contribution in [2.75, 3.05) is 7.05 Å². The predicted octanol–water partition coefficient (Wildman–Crippen LogP) is 4.04. The molecule has 3 rings (SSSR count). The van der Waals surface area contributed by atoms with E-state index >= 15 is 0 Å². The molecule has 2 unspecified atom stereocenters. The molecule has 0 radical (unpaired) electrons. The Bertz CT molecular complexity index is 540. The molecule has 1 heterocycles. The number of hydrogen-bond acceptors (Lipinski definition) is 2. The molecule has 1 aromatic heterocycles. The Kier molecular flexibility index (Phi) is 3.35. The zero-order chi connectivity index (χ0) is 13.5. The quantitative estimate of drug-likeness (QED) is 0.884. The molecule has 0 saturated heterocycles. The van der Waals surface area contributed by atoms with Crippen molar-refractivity contribution in [3.8, 4) is 0 Å². The molecule has 19 heavy (non-hydrogen) atoms. The summed E-state index contributed by atoms with van der Waals surface area (Å²) in [6.07, 6.45) is 2.59. The van der Waals surface area contributed by atoms with Crippen molar-refractivity contribution in [1.29, 1.82) is 0 Å². The minimum absolute atomic E-state index is 0.401. The van der Waals surface area contributed by atoms with Gasteiger partial charge in [-0.05, 0) is 37.4 Å². The number of H-pyrrole nitrogens is 1. The van der Waals surface area contributed by atoms with Crippen LogP contribution in [0.2, 0.25) is 0 Å². The van der Waals surface area contributed by atoms with Crippen molar-refractivity contribution < 1.29 is 0 Å². The highest BCUT2D eigenvalue weighted by molar-refractivity contribution is 8.00. The van der Waals surface area contributed by atoms with Crippen LogP contribution in [0.1, 0.15) is 26.7 Å². The molecule has 0 amide bonds. The highest BCUT2D eigenvalue weighted by Crippen LogP contribution is 2.45. The van der Waals surface area contributed by atoms with Crippen LogP contribution < -0.4 is 5.32 Å². The normalized spacial score (nSPS) is 26.1. The lowest BCUT2D eigenvalue weighted by Gasteiger charge is -2.29. The molecule has 2 atom stereocenters. The third-order valence-corrected chi connectivity index (χ3v) is 5.67. The molecule has 2 aromatic rings. The Morgan fingerprint density at radius 1 is 1.32 bits per heavy atom. The summed E-state index contributed by atoms with van der Waals surface area (Å²) in [4.78, 5) is 3.53. The van der Waals surface area contributed by atoms with Crippen LogP contribution in [-0.4, -0.2) is 23.3 Å². The van der Waals surface area contributed by atoms with E-state index in [9.17, 15) is 0 Å². The summed E-state index contributed by atoms with van der Waals surface area (Å²) in [5.41, 5.74) is 1.64. The highest BCUT2D eigenvalue weighted by Gasteiger charge is 2.41. The molecular weight excluding hydrogens is 252 g/mol. The summed E-state index contributed by atoms with van der Waals surface area (Å²) in [6.45, 7) is 4.75. The average molecular weight is 274 g/mol. The molecule has 0 bridgehead atoms. The summed E-state index contributed by atoms with van der Waals surface area (Å²) in [7, 11) is 2.09. The van der Waals surface area contributed by atoms with E-state index in [1.165, 1.54) is 28.8 Å². The molecule has 0 spiro atoms. The van der Waals surface area contributed by atoms with E-state index in [0.717, 1.165) is 0 Å². The number of aromatic nitrogens is 1. The van der Waals surface area contributed by atoms with Crippen LogP contribution in [0.25, 0.3) is 10.9 Å². The Labute approximate surface area is 119 Å². The summed E-state index contributed by atoms with van der Waals surface area (Å²) in [6, 6.07) is 11.4. The Morgan fingerprint density at radius 2 is 2.11 bits per heavy atom. The average Bonchev–Trinajstić information content (AvgIpc) is 2.90. The second-order valence-corrected chi connectivity index (χ2v) is 7.45. The molecule has 1 fully saturated rings. The van der Waals surface area contributed by atoms with Gasteiger partial charge in [0.05, 0.1) is 5.03 Å². The number of fused-ring (bicyclic) bond motifs is 1. The smallest absolute Gasteiger partial charge is 0.0735 e. The van der Waals surface area contributed by atoms with Gasteiger partial charge in [-0.3, -0.25) is 0 Å². The maximum Gasteiger partial charge on any atom is 0.0735 e. The lowest BCUT2D eigenvalue weighted by Crippen LogP contribution is -2.41. The molecule has 1 aliphatic carbocycles. The molecule has 1 aromatic carbocycles. The molecule has 102 valence electrons. The van der Waals surface area contributed by atoms with Crippen LogP contribution in [0, 0.1) is 5.41 Å². The van der Waals surface area contributed by atoms with Gasteiger partial charge in [-0.2, -0.15) is 0 Å². The lowest BCUT2D eigenvalue weighted by molar-refractivity contribution is 0.300. The SMILES string of the molecule is CNC1C(Sc2cc3ccccc3[nH]2)CCC1(C)C. The van der Waals surface area contributed by atoms with Crippen LogP contribution in [0.5, 0.6) is 0 Å². The monoisotopic (exact) mass is 274 g/mol. The summed E-state index contributed by atoms with van der Waals surface area (Å²) < 4.78 is 0. The third-order valence-electron chi connectivity index (χ3n) is 4.38. The van der Waals surface area contributed by atoms with Gasteiger partial charge in [0.2, 0.25) is 0 Å². The van der Waals surface area contributed by atoms with E-state index in [0.29, 0.717) is 16.7 Å². The van der Waals surface area contributed by atoms with Gasteiger partial charge in [-0.1, -0.05) is 32.0 Å². The van der Waals surface area contributed by atoms with Gasteiger partial charge in [0.1, 0.15) is 0 Å². The maximum atomic E-state index is 3.53. The molecule has 2 N–H and O–H groups in total. The number of aromatic amines is 1. The van der Waals surface area contributed by atoms with Crippen molar-refractivity contribution in [3.05, 3.63) is 30.3 Å². The van der Waals surface area contributed by atoms with Crippen molar-refractivity contribution in [2.24, 2.45) is 5.41 Å². The zero-order valence-corrected chi connectivity index (χ0v) is 12.7. The molecule has 3 heteroatoms. The summed E-state index contributed by atoms with van der Waals surface area (Å²) >= 11 is 1.99. The van der Waals surface area contributed by atoms with Crippen molar-refractivity contribution in [2.45, 2.75) is 43.0 Å². The number of para-hydroxylation sites is 1. The van der Waals surface area contributed by atoms with Gasteiger partial charge >= 0.3 is 0 Å². The third kappa shape index (κ3) is 2.41.